The Morgan fingerprint density at radius 1 is 0.982 bits per heavy atom. The zero-order valence-corrected chi connectivity index (χ0v) is 34.9. The molecule has 314 valence electrons. The number of likely N-dealkylation sites (N-methyl/N-ethyl adjacent to an activating group) is 3. The number of aromatic nitrogens is 2. The van der Waals surface area contributed by atoms with Crippen molar-refractivity contribution in [1.82, 2.24) is 34.9 Å². The van der Waals surface area contributed by atoms with Crippen molar-refractivity contribution in [2.24, 2.45) is 11.8 Å². The largest absolute Gasteiger partial charge is 0.436 e. The molecule has 3 N–H and O–H groups in total. The number of rotatable bonds is 19. The van der Waals surface area contributed by atoms with Crippen LogP contribution < -0.4 is 5.32 Å². The number of hydrogen-bond donors (Lipinski definition) is 3. The summed E-state index contributed by atoms with van der Waals surface area (Å²) in [6, 6.07) is 7.68. The zero-order valence-electron chi connectivity index (χ0n) is 34.1. The Bertz CT molecular complexity index is 1450. The van der Waals surface area contributed by atoms with Gasteiger partial charge in [-0.15, -0.1) is 12.4 Å². The second-order valence-electron chi connectivity index (χ2n) is 15.4. The van der Waals surface area contributed by atoms with Gasteiger partial charge in [0.15, 0.2) is 6.10 Å². The summed E-state index contributed by atoms with van der Waals surface area (Å²) in [4.78, 5) is 68.5. The van der Waals surface area contributed by atoms with Crippen molar-refractivity contribution in [3.05, 3.63) is 54.1 Å². The highest BCUT2D eigenvalue weighted by atomic mass is 35.5. The van der Waals surface area contributed by atoms with Gasteiger partial charge in [0.05, 0.1) is 31.7 Å². The molecule has 0 unspecified atom stereocenters. The van der Waals surface area contributed by atoms with E-state index in [1.54, 1.807) is 37.1 Å². The number of carbonyl (C=O) groups excluding carboxylic acids is 4. The van der Waals surface area contributed by atoms with E-state index in [2.05, 4.69) is 29.1 Å². The maximum atomic E-state index is 14.5. The number of amides is 5. The van der Waals surface area contributed by atoms with Crippen molar-refractivity contribution in [2.45, 2.75) is 109 Å². The number of aliphatic hydroxyl groups is 1. The molecular formula is C41H66ClN7O7. The molecule has 5 amide bonds. The van der Waals surface area contributed by atoms with Gasteiger partial charge < -0.3 is 44.5 Å². The van der Waals surface area contributed by atoms with Gasteiger partial charge in [-0.3, -0.25) is 9.59 Å². The Labute approximate surface area is 339 Å². The first kappa shape index (κ1) is 46.5. The molecule has 1 aromatic heterocycles. The fourth-order valence-corrected chi connectivity index (χ4v) is 7.59. The van der Waals surface area contributed by atoms with Crippen LogP contribution in [0.15, 0.2) is 42.9 Å². The number of aromatic amines is 1. The van der Waals surface area contributed by atoms with Gasteiger partial charge in [-0.25, -0.2) is 14.6 Å². The molecule has 4 rings (SSSR count). The van der Waals surface area contributed by atoms with Gasteiger partial charge >= 0.3 is 12.1 Å². The number of aliphatic hydroxyl groups excluding tert-OH is 1. The minimum atomic E-state index is -1.24. The van der Waals surface area contributed by atoms with E-state index >= 15 is 0 Å². The van der Waals surface area contributed by atoms with E-state index in [1.807, 2.05) is 30.3 Å². The standard InChI is InChI=1S/C41H65N7O7.ClH/c1-6-30(7-2)25-36(49)34(24-31-14-10-8-11-15-31)44-38(50)35(27-33-28-42-29-43-33)47(5)39(51)37(26-32-16-12-9-13-17-32)55-41(53)46(4)19-18-45(3)40(52)48-20-22-54-23-21-48;/h9,12-13,16-17,28-31,34-37,49H,6-8,10-11,14-15,18-27H2,1-5H3,(H,42,43)(H,44,50);1H/t34-,35-,36-,37-;/m0./s1. The number of hydrogen-bond acceptors (Lipinski definition) is 8. The van der Waals surface area contributed by atoms with E-state index < -0.39 is 36.3 Å². The predicted octanol–water partition coefficient (Wildman–Crippen LogP) is 4.91. The van der Waals surface area contributed by atoms with E-state index in [1.165, 1.54) is 22.5 Å². The van der Waals surface area contributed by atoms with Gasteiger partial charge in [-0.1, -0.05) is 89.1 Å². The molecule has 15 heteroatoms. The number of urea groups is 1. The maximum absolute atomic E-state index is 14.5. The molecule has 0 spiro atoms. The third kappa shape index (κ3) is 14.3. The van der Waals surface area contributed by atoms with Gasteiger partial charge in [0.25, 0.3) is 5.91 Å². The summed E-state index contributed by atoms with van der Waals surface area (Å²) < 4.78 is 11.3. The summed E-state index contributed by atoms with van der Waals surface area (Å²) in [5, 5.41) is 14.8. The molecule has 2 aromatic rings. The van der Waals surface area contributed by atoms with Crippen LogP contribution in [0.1, 0.15) is 82.9 Å². The van der Waals surface area contributed by atoms with Crippen LogP contribution in [-0.4, -0.2) is 143 Å². The predicted molar refractivity (Wildman–Crippen MR) is 217 cm³/mol. The van der Waals surface area contributed by atoms with Crippen LogP contribution in [-0.2, 0) is 31.9 Å². The van der Waals surface area contributed by atoms with Crippen molar-refractivity contribution in [2.75, 3.05) is 60.5 Å². The second-order valence-corrected chi connectivity index (χ2v) is 15.4. The first-order chi connectivity index (χ1) is 26.5. The van der Waals surface area contributed by atoms with Gasteiger partial charge in [-0.05, 0) is 30.2 Å². The fourth-order valence-electron chi connectivity index (χ4n) is 7.59. The van der Waals surface area contributed by atoms with E-state index in [-0.39, 0.29) is 50.3 Å². The van der Waals surface area contributed by atoms with Gasteiger partial charge in [0.2, 0.25) is 5.91 Å². The first-order valence-electron chi connectivity index (χ1n) is 20.3. The summed E-state index contributed by atoms with van der Waals surface area (Å²) in [6.45, 7) is 6.69. The fraction of sp³-hybridized carbons (Fsp3) is 0.683. The SMILES string of the molecule is CCC(CC)C[C@H](O)[C@H](CC1CCCCC1)NC(=O)[C@H](Cc1cnc[nH]1)N(C)C(=O)[C@H](Cc1ccccc1)OC(=O)N(C)CCN(C)C(=O)N1CCOCC1.Cl. The van der Waals surface area contributed by atoms with E-state index in [0.717, 1.165) is 44.1 Å². The maximum Gasteiger partial charge on any atom is 0.410 e. The van der Waals surface area contributed by atoms with Gasteiger partial charge in [0, 0.05) is 72.1 Å². The highest BCUT2D eigenvalue weighted by Gasteiger charge is 2.37. The molecule has 1 saturated heterocycles. The molecule has 2 aliphatic rings. The van der Waals surface area contributed by atoms with Crippen molar-refractivity contribution in [3.63, 3.8) is 0 Å². The zero-order chi connectivity index (χ0) is 39.7. The van der Waals surface area contributed by atoms with Crippen LogP contribution in [0.4, 0.5) is 9.59 Å². The smallest absolute Gasteiger partial charge is 0.410 e. The molecule has 0 radical (unpaired) electrons. The molecule has 1 aliphatic carbocycles. The normalized spacial score (nSPS) is 16.9. The van der Waals surface area contributed by atoms with Crippen LogP contribution >= 0.6 is 12.4 Å². The highest BCUT2D eigenvalue weighted by Crippen LogP contribution is 2.30. The van der Waals surface area contributed by atoms with E-state index in [0.29, 0.717) is 56.7 Å². The highest BCUT2D eigenvalue weighted by molar-refractivity contribution is 5.90. The van der Waals surface area contributed by atoms with Crippen LogP contribution in [0, 0.1) is 11.8 Å². The number of halogens is 1. The Hall–Kier alpha value is -3.88. The Morgan fingerprint density at radius 3 is 2.27 bits per heavy atom. The van der Waals surface area contributed by atoms with Crippen molar-refractivity contribution < 1.29 is 33.8 Å². The van der Waals surface area contributed by atoms with Crippen molar-refractivity contribution in [1.29, 1.82) is 0 Å². The third-order valence-electron chi connectivity index (χ3n) is 11.4. The minimum Gasteiger partial charge on any atom is -0.436 e. The van der Waals surface area contributed by atoms with Crippen LogP contribution in [0.2, 0.25) is 0 Å². The quantitative estimate of drug-likeness (QED) is 0.181. The summed E-state index contributed by atoms with van der Waals surface area (Å²) in [6.07, 6.45) is 9.48. The molecule has 56 heavy (non-hydrogen) atoms. The summed E-state index contributed by atoms with van der Waals surface area (Å²) in [5.74, 6) is -0.177. The number of imidazole rings is 1. The minimum absolute atomic E-state index is 0. The lowest BCUT2D eigenvalue weighted by Gasteiger charge is -2.35. The van der Waals surface area contributed by atoms with Crippen molar-refractivity contribution >= 4 is 36.3 Å². The number of nitrogens with one attached hydrogen (secondary N) is 2. The Morgan fingerprint density at radius 2 is 1.64 bits per heavy atom. The van der Waals surface area contributed by atoms with E-state index in [4.69, 9.17) is 9.47 Å². The third-order valence-corrected chi connectivity index (χ3v) is 11.4. The average molecular weight is 804 g/mol. The molecule has 14 nitrogen and oxygen atoms in total. The molecule has 4 atom stereocenters. The topological polar surface area (TPSA) is 161 Å². The van der Waals surface area contributed by atoms with Crippen LogP contribution in [0.25, 0.3) is 0 Å². The lowest BCUT2D eigenvalue weighted by Crippen LogP contribution is -2.56. The molecule has 1 aliphatic heterocycles. The van der Waals surface area contributed by atoms with Crippen LogP contribution in [0.3, 0.4) is 0 Å². The molecule has 2 heterocycles. The Kier molecular flexibility index (Phi) is 19.9. The average Bonchev–Trinajstić information content (AvgIpc) is 3.74. The lowest BCUT2D eigenvalue weighted by molar-refractivity contribution is -0.146. The summed E-state index contributed by atoms with van der Waals surface area (Å²) >= 11 is 0. The van der Waals surface area contributed by atoms with Crippen molar-refractivity contribution in [3.8, 4) is 0 Å². The number of H-pyrrole nitrogens is 1. The second kappa shape index (κ2) is 24.0. The summed E-state index contributed by atoms with van der Waals surface area (Å²) in [5.41, 5.74) is 1.44. The molecule has 1 saturated carbocycles. The Balaban J connectivity index is 0.00000841. The number of morpholine rings is 1. The first-order valence-corrected chi connectivity index (χ1v) is 20.3. The number of nitrogens with zero attached hydrogens (tertiary/aromatic N) is 5. The number of benzene rings is 1. The molecular weight excluding hydrogens is 738 g/mol. The molecule has 0 bridgehead atoms. The number of ether oxygens (including phenoxy) is 2. The molecule has 1 aromatic carbocycles. The van der Waals surface area contributed by atoms with Crippen LogP contribution in [0.5, 0.6) is 0 Å². The monoisotopic (exact) mass is 803 g/mol. The number of carbonyl (C=O) groups is 4. The summed E-state index contributed by atoms with van der Waals surface area (Å²) in [7, 11) is 4.81. The van der Waals surface area contributed by atoms with E-state index in [9.17, 15) is 24.3 Å². The molecule has 2 fully saturated rings. The van der Waals surface area contributed by atoms with Gasteiger partial charge in [0.1, 0.15) is 6.04 Å². The lowest BCUT2D eigenvalue weighted by atomic mass is 9.82. The van der Waals surface area contributed by atoms with Gasteiger partial charge in [-0.2, -0.15) is 0 Å².